The number of ether oxygens (including phenoxy) is 1. The molecule has 1 aliphatic carbocycles. The van der Waals surface area contributed by atoms with E-state index in [1.807, 2.05) is 12.1 Å². The fraction of sp³-hybridized carbons (Fsp3) is 0.562. The van der Waals surface area contributed by atoms with Crippen LogP contribution in [0.1, 0.15) is 25.7 Å². The van der Waals surface area contributed by atoms with Gasteiger partial charge in [0.05, 0.1) is 6.10 Å². The number of methoxy groups -OCH3 is 1. The molecule has 1 saturated carbocycles. The molecule has 1 N–H and O–H groups in total. The van der Waals surface area contributed by atoms with E-state index in [1.165, 1.54) is 12.1 Å². The minimum Gasteiger partial charge on any atom is -0.380 e. The Morgan fingerprint density at radius 1 is 1.25 bits per heavy atom. The normalized spacial score (nSPS) is 22.6. The van der Waals surface area contributed by atoms with Gasteiger partial charge in [0.15, 0.2) is 0 Å². The van der Waals surface area contributed by atoms with E-state index in [0.717, 1.165) is 38.0 Å². The number of hydrogen-bond donors (Lipinski definition) is 1. The minimum atomic E-state index is 0.171. The molecule has 4 heteroatoms. The molecule has 1 heterocycles. The third-order valence-electron chi connectivity index (χ3n) is 4.45. The third-order valence-corrected chi connectivity index (χ3v) is 4.45. The summed E-state index contributed by atoms with van der Waals surface area (Å²) in [6.07, 6.45) is 4.68. The minimum absolute atomic E-state index is 0.171. The summed E-state index contributed by atoms with van der Waals surface area (Å²) >= 11 is 0. The number of hydrogen-bond acceptors (Lipinski definition) is 3. The molecule has 1 aromatic carbocycles. The maximum absolute atomic E-state index is 11.9. The Morgan fingerprint density at radius 3 is 2.55 bits per heavy atom. The number of amides is 1. The third kappa shape index (κ3) is 2.80. The zero-order valence-corrected chi connectivity index (χ0v) is 12.0. The van der Waals surface area contributed by atoms with Gasteiger partial charge in [0.2, 0.25) is 5.91 Å². The van der Waals surface area contributed by atoms with Crippen LogP contribution in [0, 0.1) is 5.92 Å². The molecule has 4 nitrogen and oxygen atoms in total. The molecule has 1 atom stereocenters. The smallest absolute Gasteiger partial charge is 0.227 e. The van der Waals surface area contributed by atoms with E-state index in [9.17, 15) is 4.79 Å². The predicted octanol–water partition coefficient (Wildman–Crippen LogP) is 2.65. The van der Waals surface area contributed by atoms with Gasteiger partial charge >= 0.3 is 0 Å². The van der Waals surface area contributed by atoms with Gasteiger partial charge in [-0.3, -0.25) is 4.79 Å². The summed E-state index contributed by atoms with van der Waals surface area (Å²) in [4.78, 5) is 14.2. The summed E-state index contributed by atoms with van der Waals surface area (Å²) < 4.78 is 5.39. The lowest BCUT2D eigenvalue weighted by molar-refractivity contribution is -0.122. The van der Waals surface area contributed by atoms with Crippen LogP contribution >= 0.6 is 0 Å². The number of benzene rings is 1. The quantitative estimate of drug-likeness (QED) is 0.917. The average Bonchev–Trinajstić information content (AvgIpc) is 2.86. The van der Waals surface area contributed by atoms with Crippen LogP contribution < -0.4 is 10.2 Å². The lowest BCUT2D eigenvalue weighted by Gasteiger charge is -2.24. The van der Waals surface area contributed by atoms with Gasteiger partial charge in [0, 0.05) is 37.5 Å². The largest absolute Gasteiger partial charge is 0.380 e. The molecule has 3 rings (SSSR count). The van der Waals surface area contributed by atoms with Crippen molar-refractivity contribution in [3.63, 3.8) is 0 Å². The molecule has 1 amide bonds. The van der Waals surface area contributed by atoms with Gasteiger partial charge in [-0.1, -0.05) is 6.42 Å². The van der Waals surface area contributed by atoms with Crippen LogP contribution in [-0.2, 0) is 9.53 Å². The standard InChI is InChI=1S/C16H22N2O2/c1-20-15-9-10-18(11-15)14-7-5-13(6-8-14)17-16(19)12-3-2-4-12/h5-8,12,15H,2-4,9-11H2,1H3,(H,17,19)/t15-/m0/s1. The Morgan fingerprint density at radius 2 is 2.00 bits per heavy atom. The van der Waals surface area contributed by atoms with Gasteiger partial charge in [-0.25, -0.2) is 0 Å². The van der Waals surface area contributed by atoms with Crippen molar-refractivity contribution < 1.29 is 9.53 Å². The molecule has 0 aromatic heterocycles. The fourth-order valence-electron chi connectivity index (χ4n) is 2.83. The highest BCUT2D eigenvalue weighted by molar-refractivity contribution is 5.93. The van der Waals surface area contributed by atoms with E-state index in [0.29, 0.717) is 6.10 Å². The zero-order valence-electron chi connectivity index (χ0n) is 12.0. The highest BCUT2D eigenvalue weighted by Crippen LogP contribution is 2.28. The Kier molecular flexibility index (Phi) is 3.92. The van der Waals surface area contributed by atoms with Crippen molar-refractivity contribution in [2.75, 3.05) is 30.4 Å². The molecule has 1 aliphatic heterocycles. The number of nitrogens with zero attached hydrogens (tertiary/aromatic N) is 1. The zero-order chi connectivity index (χ0) is 13.9. The topological polar surface area (TPSA) is 41.6 Å². The lowest BCUT2D eigenvalue weighted by atomic mass is 9.85. The molecule has 1 saturated heterocycles. The van der Waals surface area contributed by atoms with Crippen LogP contribution in [0.5, 0.6) is 0 Å². The van der Waals surface area contributed by atoms with E-state index >= 15 is 0 Å². The number of anilines is 2. The highest BCUT2D eigenvalue weighted by atomic mass is 16.5. The number of nitrogens with one attached hydrogen (secondary N) is 1. The summed E-state index contributed by atoms with van der Waals surface area (Å²) in [7, 11) is 1.77. The van der Waals surface area contributed by atoms with Crippen LogP contribution in [0.15, 0.2) is 24.3 Å². The Balaban J connectivity index is 1.58. The molecule has 20 heavy (non-hydrogen) atoms. The van der Waals surface area contributed by atoms with E-state index in [1.54, 1.807) is 7.11 Å². The first kappa shape index (κ1) is 13.4. The van der Waals surface area contributed by atoms with Crippen LogP contribution in [0.4, 0.5) is 11.4 Å². The summed E-state index contributed by atoms with van der Waals surface area (Å²) in [5, 5.41) is 3.00. The SMILES string of the molecule is CO[C@H]1CCN(c2ccc(NC(=O)C3CCC3)cc2)C1. The van der Waals surface area contributed by atoms with Crippen molar-refractivity contribution in [2.45, 2.75) is 31.8 Å². The molecular formula is C16H22N2O2. The average molecular weight is 274 g/mol. The highest BCUT2D eigenvalue weighted by Gasteiger charge is 2.25. The fourth-order valence-corrected chi connectivity index (χ4v) is 2.83. The molecule has 1 aromatic rings. The van der Waals surface area contributed by atoms with Gasteiger partial charge in [0.1, 0.15) is 0 Å². The lowest BCUT2D eigenvalue weighted by Crippen LogP contribution is -2.28. The molecule has 2 aliphatic rings. The van der Waals surface area contributed by atoms with E-state index in [4.69, 9.17) is 4.74 Å². The van der Waals surface area contributed by atoms with Crippen molar-refractivity contribution in [1.82, 2.24) is 0 Å². The Bertz CT molecular complexity index is 468. The second-order valence-electron chi connectivity index (χ2n) is 5.76. The van der Waals surface area contributed by atoms with Gasteiger partial charge in [-0.15, -0.1) is 0 Å². The molecule has 0 spiro atoms. The summed E-state index contributed by atoms with van der Waals surface area (Å²) in [6.45, 7) is 1.98. The monoisotopic (exact) mass is 274 g/mol. The second-order valence-corrected chi connectivity index (χ2v) is 5.76. The first-order chi connectivity index (χ1) is 9.76. The maximum Gasteiger partial charge on any atom is 0.227 e. The van der Waals surface area contributed by atoms with E-state index in [-0.39, 0.29) is 11.8 Å². The van der Waals surface area contributed by atoms with Crippen molar-refractivity contribution in [1.29, 1.82) is 0 Å². The van der Waals surface area contributed by atoms with Gasteiger partial charge in [-0.2, -0.15) is 0 Å². The molecular weight excluding hydrogens is 252 g/mol. The van der Waals surface area contributed by atoms with Crippen molar-refractivity contribution >= 4 is 17.3 Å². The van der Waals surface area contributed by atoms with Crippen LogP contribution in [0.25, 0.3) is 0 Å². The van der Waals surface area contributed by atoms with Gasteiger partial charge < -0.3 is 15.0 Å². The number of carbonyl (C=O) groups excluding carboxylic acids is 1. The molecule has 0 bridgehead atoms. The number of rotatable bonds is 4. The van der Waals surface area contributed by atoms with E-state index in [2.05, 4.69) is 22.3 Å². The molecule has 2 fully saturated rings. The summed E-state index contributed by atoms with van der Waals surface area (Å²) in [5.74, 6) is 0.403. The van der Waals surface area contributed by atoms with Crippen molar-refractivity contribution in [3.05, 3.63) is 24.3 Å². The first-order valence-electron chi connectivity index (χ1n) is 7.45. The maximum atomic E-state index is 11.9. The van der Waals surface area contributed by atoms with Crippen LogP contribution in [0.2, 0.25) is 0 Å². The van der Waals surface area contributed by atoms with E-state index < -0.39 is 0 Å². The summed E-state index contributed by atoms with van der Waals surface area (Å²) in [6, 6.07) is 8.14. The van der Waals surface area contributed by atoms with Gasteiger partial charge in [0.25, 0.3) is 0 Å². The van der Waals surface area contributed by atoms with Crippen LogP contribution in [-0.4, -0.2) is 32.2 Å². The summed E-state index contributed by atoms with van der Waals surface area (Å²) in [5.41, 5.74) is 2.10. The van der Waals surface area contributed by atoms with Crippen molar-refractivity contribution in [3.8, 4) is 0 Å². The Labute approximate surface area is 120 Å². The number of carbonyl (C=O) groups is 1. The predicted molar refractivity (Wildman–Crippen MR) is 80.0 cm³/mol. The molecule has 0 radical (unpaired) electrons. The Hall–Kier alpha value is -1.55. The molecule has 108 valence electrons. The van der Waals surface area contributed by atoms with Crippen LogP contribution in [0.3, 0.4) is 0 Å². The first-order valence-corrected chi connectivity index (χ1v) is 7.45. The van der Waals surface area contributed by atoms with Gasteiger partial charge in [-0.05, 0) is 43.5 Å². The van der Waals surface area contributed by atoms with Crippen molar-refractivity contribution in [2.24, 2.45) is 5.92 Å². The second kappa shape index (κ2) is 5.83. The molecule has 0 unspecified atom stereocenters.